The van der Waals surface area contributed by atoms with E-state index in [1.165, 1.54) is 0 Å². The molecule has 0 spiro atoms. The van der Waals surface area contributed by atoms with Gasteiger partial charge in [0.15, 0.2) is 12.0 Å². The van der Waals surface area contributed by atoms with Gasteiger partial charge in [0.1, 0.15) is 0 Å². The highest BCUT2D eigenvalue weighted by molar-refractivity contribution is 6.32. The van der Waals surface area contributed by atoms with Gasteiger partial charge in [-0.15, -0.1) is 0 Å². The van der Waals surface area contributed by atoms with Crippen LogP contribution in [0.2, 0.25) is 0 Å². The van der Waals surface area contributed by atoms with Gasteiger partial charge in [0.05, 0.1) is 22.9 Å². The molecule has 0 saturated heterocycles. The van der Waals surface area contributed by atoms with Gasteiger partial charge in [-0.2, -0.15) is 5.10 Å². The minimum Gasteiger partial charge on any atom is -0.390 e. The quantitative estimate of drug-likeness (QED) is 0.651. The zero-order chi connectivity index (χ0) is 22.8. The summed E-state index contributed by atoms with van der Waals surface area (Å²) in [5, 5.41) is 14.8. The summed E-state index contributed by atoms with van der Waals surface area (Å²) < 4.78 is 1.91. The monoisotopic (exact) mass is 438 g/mol. The summed E-state index contributed by atoms with van der Waals surface area (Å²) in [5.74, 6) is 0.840. The molecule has 3 aromatic rings. The number of nitrogens with two attached hydrogens (primary N) is 1. The summed E-state index contributed by atoms with van der Waals surface area (Å²) in [6.07, 6.45) is 8.76. The molecular formula is C26H26N6O. The third kappa shape index (κ3) is 3.35. The molecule has 6 rings (SSSR count). The number of pyridine rings is 1. The van der Waals surface area contributed by atoms with Crippen molar-refractivity contribution in [3.63, 3.8) is 0 Å². The Kier molecular flexibility index (Phi) is 4.31. The number of hydrogen-bond donors (Lipinski definition) is 2. The Morgan fingerprint density at radius 2 is 1.91 bits per heavy atom. The lowest BCUT2D eigenvalue weighted by Crippen LogP contribution is -2.58. The fourth-order valence-corrected chi connectivity index (χ4v) is 5.40. The molecule has 3 aliphatic rings. The lowest BCUT2D eigenvalue weighted by atomic mass is 9.63. The van der Waals surface area contributed by atoms with Gasteiger partial charge >= 0.3 is 0 Å². The van der Waals surface area contributed by atoms with E-state index >= 15 is 0 Å². The first-order chi connectivity index (χ1) is 15.8. The van der Waals surface area contributed by atoms with Crippen molar-refractivity contribution in [1.82, 2.24) is 14.8 Å². The fraction of sp³-hybridized carbons (Fsp3) is 0.308. The topological polar surface area (TPSA) is 102 Å². The number of rotatable bonds is 3. The lowest BCUT2D eigenvalue weighted by molar-refractivity contribution is -0.0738. The molecule has 4 heterocycles. The number of fused-ring (bicyclic) bond motifs is 3. The van der Waals surface area contributed by atoms with Crippen molar-refractivity contribution in [2.24, 2.45) is 21.6 Å². The first-order valence-corrected chi connectivity index (χ1v) is 11.2. The van der Waals surface area contributed by atoms with Crippen LogP contribution in [-0.2, 0) is 5.54 Å². The second-order valence-corrected chi connectivity index (χ2v) is 9.74. The Bertz CT molecular complexity index is 1310. The number of benzene rings is 1. The summed E-state index contributed by atoms with van der Waals surface area (Å²) in [5.41, 5.74) is 11.3. The van der Waals surface area contributed by atoms with Crippen molar-refractivity contribution < 1.29 is 5.11 Å². The van der Waals surface area contributed by atoms with E-state index in [9.17, 15) is 5.11 Å². The zero-order valence-corrected chi connectivity index (χ0v) is 18.7. The number of aromatic nitrogens is 3. The predicted octanol–water partition coefficient (Wildman–Crippen LogP) is 3.70. The first-order valence-electron chi connectivity index (χ1n) is 11.2. The second-order valence-electron chi connectivity index (χ2n) is 9.74. The van der Waals surface area contributed by atoms with Crippen molar-refractivity contribution in [3.8, 4) is 0 Å². The number of hydrogen-bond acceptors (Lipinski definition) is 6. The Morgan fingerprint density at radius 3 is 2.61 bits per heavy atom. The Labute approximate surface area is 192 Å². The highest BCUT2D eigenvalue weighted by Gasteiger charge is 2.49. The number of nitrogens with zero attached hydrogens (tertiary/aromatic N) is 5. The molecule has 2 aromatic heterocycles. The number of allylic oxidation sites excluding steroid dienone is 1. The van der Waals surface area contributed by atoms with Crippen molar-refractivity contribution in [2.45, 2.75) is 44.0 Å². The minimum absolute atomic E-state index is 0.0135. The van der Waals surface area contributed by atoms with Gasteiger partial charge in [-0.1, -0.05) is 36.4 Å². The van der Waals surface area contributed by atoms with Gasteiger partial charge in [0.2, 0.25) is 0 Å². The molecule has 1 aromatic carbocycles. The van der Waals surface area contributed by atoms with Crippen LogP contribution in [0, 0.1) is 12.8 Å². The van der Waals surface area contributed by atoms with Gasteiger partial charge < -0.3 is 10.8 Å². The van der Waals surface area contributed by atoms with Crippen LogP contribution in [-0.4, -0.2) is 37.4 Å². The molecule has 2 aliphatic heterocycles. The third-order valence-electron chi connectivity index (χ3n) is 6.79. The lowest BCUT2D eigenvalue weighted by Gasteiger charge is -2.49. The van der Waals surface area contributed by atoms with Gasteiger partial charge in [-0.3, -0.25) is 9.98 Å². The van der Waals surface area contributed by atoms with E-state index < -0.39 is 11.1 Å². The Morgan fingerprint density at radius 1 is 1.12 bits per heavy atom. The Hall–Kier alpha value is -3.42. The molecule has 1 saturated carbocycles. The standard InChI is InChI=1S/C26H26N6O/c1-16-10-22-29-13-19-11-21(18-4-3-9-28-12-18)23(30-24(19)32(22)31-16)17-5-7-20(8-6-17)26(27)14-25(2,33)15-26/h3-13,19,24,33H,14-15,27H2,1-2H3. The number of dihydropyridines is 1. The van der Waals surface area contributed by atoms with Crippen LogP contribution in [0.3, 0.4) is 0 Å². The number of aliphatic imine (C=N–C) groups is 2. The van der Waals surface area contributed by atoms with Crippen molar-refractivity contribution in [3.05, 3.63) is 83.3 Å². The molecule has 0 radical (unpaired) electrons. The Balaban J connectivity index is 1.42. The second kappa shape index (κ2) is 7.04. The predicted molar refractivity (Wildman–Crippen MR) is 129 cm³/mol. The maximum Gasteiger partial charge on any atom is 0.155 e. The number of aliphatic hydroxyl groups is 1. The molecule has 1 fully saturated rings. The van der Waals surface area contributed by atoms with E-state index in [4.69, 9.17) is 10.7 Å². The highest BCUT2D eigenvalue weighted by atomic mass is 16.3. The largest absolute Gasteiger partial charge is 0.390 e. The van der Waals surface area contributed by atoms with E-state index in [0.29, 0.717) is 12.8 Å². The van der Waals surface area contributed by atoms with Crippen LogP contribution in [0.25, 0.3) is 5.57 Å². The first kappa shape index (κ1) is 20.2. The maximum atomic E-state index is 10.2. The maximum absolute atomic E-state index is 10.2. The van der Waals surface area contributed by atoms with E-state index in [-0.39, 0.29) is 12.1 Å². The van der Waals surface area contributed by atoms with Crippen molar-refractivity contribution in [1.29, 1.82) is 0 Å². The van der Waals surface area contributed by atoms with Crippen LogP contribution < -0.4 is 5.73 Å². The van der Waals surface area contributed by atoms with Gasteiger partial charge in [0.25, 0.3) is 0 Å². The summed E-state index contributed by atoms with van der Waals surface area (Å²) >= 11 is 0. The minimum atomic E-state index is -0.686. The van der Waals surface area contributed by atoms with E-state index in [1.54, 1.807) is 6.20 Å². The summed E-state index contributed by atoms with van der Waals surface area (Å²) in [4.78, 5) is 14.1. The van der Waals surface area contributed by atoms with Gasteiger partial charge in [0, 0.05) is 46.9 Å². The van der Waals surface area contributed by atoms with Crippen LogP contribution in [0.1, 0.15) is 48.3 Å². The van der Waals surface area contributed by atoms with E-state index in [1.807, 2.05) is 43.1 Å². The molecule has 2 unspecified atom stereocenters. The molecule has 166 valence electrons. The van der Waals surface area contributed by atoms with E-state index in [2.05, 4.69) is 51.5 Å². The van der Waals surface area contributed by atoms with Crippen LogP contribution in [0.15, 0.2) is 70.9 Å². The van der Waals surface area contributed by atoms with E-state index in [0.717, 1.165) is 39.5 Å². The summed E-state index contributed by atoms with van der Waals surface area (Å²) in [7, 11) is 0. The van der Waals surface area contributed by atoms with Gasteiger partial charge in [-0.25, -0.2) is 9.67 Å². The molecule has 7 heteroatoms. The third-order valence-corrected chi connectivity index (χ3v) is 6.79. The summed E-state index contributed by atoms with van der Waals surface area (Å²) in [6.45, 7) is 3.81. The molecule has 1 aliphatic carbocycles. The summed E-state index contributed by atoms with van der Waals surface area (Å²) in [6, 6.07) is 14.2. The van der Waals surface area contributed by atoms with Gasteiger partial charge in [-0.05, 0) is 38.3 Å². The normalized spacial score (nSPS) is 30.1. The smallest absolute Gasteiger partial charge is 0.155 e. The highest BCUT2D eigenvalue weighted by Crippen LogP contribution is 2.46. The SMILES string of the molecule is Cc1cc2n(n1)C1N=C(c3ccc(C4(N)CC(C)(O)C4)cc3)C(c3cccnc3)=CC1C=N2. The molecule has 2 atom stereocenters. The molecule has 3 N–H and O–H groups in total. The number of aryl methyl sites for hydroxylation is 1. The van der Waals surface area contributed by atoms with Crippen LogP contribution in [0.4, 0.5) is 5.82 Å². The van der Waals surface area contributed by atoms with Crippen LogP contribution in [0.5, 0.6) is 0 Å². The molecular weight excluding hydrogens is 412 g/mol. The molecule has 33 heavy (non-hydrogen) atoms. The van der Waals surface area contributed by atoms with Crippen LogP contribution >= 0.6 is 0 Å². The zero-order valence-electron chi connectivity index (χ0n) is 18.7. The average Bonchev–Trinajstić information content (AvgIpc) is 3.18. The molecule has 0 amide bonds. The fourth-order valence-electron chi connectivity index (χ4n) is 5.40. The van der Waals surface area contributed by atoms with Crippen molar-refractivity contribution in [2.75, 3.05) is 0 Å². The average molecular weight is 439 g/mol. The molecule has 0 bridgehead atoms. The van der Waals surface area contributed by atoms with Crippen molar-refractivity contribution >= 4 is 23.3 Å². The molecule has 7 nitrogen and oxygen atoms in total.